The van der Waals surface area contributed by atoms with Crippen LogP contribution in [0.3, 0.4) is 0 Å². The van der Waals surface area contributed by atoms with Crippen molar-refractivity contribution in [3.05, 3.63) is 63.1 Å². The number of rotatable bonds is 3. The molecule has 6 N–H and O–H groups in total. The van der Waals surface area contributed by atoms with E-state index in [0.29, 0.717) is 16.0 Å². The molecule has 1 amide bonds. The van der Waals surface area contributed by atoms with Gasteiger partial charge in [0.2, 0.25) is 11.5 Å². The first-order valence-corrected chi connectivity index (χ1v) is 8.52. The summed E-state index contributed by atoms with van der Waals surface area (Å²) >= 11 is 1.25. The standard InChI is InChI=1S/C17H12N6O3S/c18-13-12(16(26)23-9-3-8(15(19)25)5-21-14(9)13)17-22-6-10(27-17)7-1-2-11(24)20-4-7/h1-6H,(H2,19,25)(H,20,24)(H3,18,23,26). The highest BCUT2D eigenvalue weighted by Crippen LogP contribution is 2.34. The number of nitrogens with one attached hydrogen (secondary N) is 2. The zero-order valence-electron chi connectivity index (χ0n) is 13.6. The summed E-state index contributed by atoms with van der Waals surface area (Å²) in [6.45, 7) is 0. The molecule has 4 rings (SSSR count). The number of hydrogen-bond donors (Lipinski definition) is 4. The lowest BCUT2D eigenvalue weighted by Crippen LogP contribution is -2.15. The number of amides is 1. The molecule has 0 aliphatic rings. The molecule has 0 unspecified atom stereocenters. The molecular weight excluding hydrogens is 368 g/mol. The van der Waals surface area contributed by atoms with Gasteiger partial charge < -0.3 is 21.4 Å². The second-order valence-corrected chi connectivity index (χ2v) is 6.73. The number of nitrogen functional groups attached to an aromatic ring is 1. The Morgan fingerprint density at radius 1 is 1.15 bits per heavy atom. The second-order valence-electron chi connectivity index (χ2n) is 5.70. The predicted octanol–water partition coefficient (Wildman–Crippen LogP) is 1.08. The Morgan fingerprint density at radius 3 is 2.67 bits per heavy atom. The van der Waals surface area contributed by atoms with Gasteiger partial charge in [-0.25, -0.2) is 4.98 Å². The molecule has 0 aliphatic carbocycles. The topological polar surface area (TPSA) is 161 Å². The Balaban J connectivity index is 1.86. The number of primary amides is 1. The summed E-state index contributed by atoms with van der Waals surface area (Å²) in [5, 5.41) is 0.414. The molecule has 4 aromatic rings. The highest BCUT2D eigenvalue weighted by atomic mass is 32.1. The van der Waals surface area contributed by atoms with E-state index in [9.17, 15) is 14.4 Å². The monoisotopic (exact) mass is 380 g/mol. The minimum atomic E-state index is -0.654. The van der Waals surface area contributed by atoms with Crippen molar-refractivity contribution in [2.75, 3.05) is 5.73 Å². The summed E-state index contributed by atoms with van der Waals surface area (Å²) in [5.74, 6) is -0.654. The van der Waals surface area contributed by atoms with E-state index in [1.807, 2.05) is 0 Å². The van der Waals surface area contributed by atoms with Crippen LogP contribution in [-0.2, 0) is 0 Å². The summed E-state index contributed by atoms with van der Waals surface area (Å²) < 4.78 is 0. The van der Waals surface area contributed by atoms with E-state index < -0.39 is 11.5 Å². The average molecular weight is 380 g/mol. The maximum absolute atomic E-state index is 12.6. The number of carbonyl (C=O) groups is 1. The molecule has 0 aliphatic heterocycles. The van der Waals surface area contributed by atoms with Crippen molar-refractivity contribution in [2.24, 2.45) is 5.73 Å². The lowest BCUT2D eigenvalue weighted by atomic mass is 10.1. The minimum absolute atomic E-state index is 0.159. The van der Waals surface area contributed by atoms with E-state index in [4.69, 9.17) is 11.5 Å². The summed E-state index contributed by atoms with van der Waals surface area (Å²) in [4.78, 5) is 49.5. The molecule has 0 saturated heterocycles. The first-order chi connectivity index (χ1) is 12.9. The van der Waals surface area contributed by atoms with Crippen molar-refractivity contribution < 1.29 is 4.79 Å². The van der Waals surface area contributed by atoms with Crippen LogP contribution < -0.4 is 22.6 Å². The highest BCUT2D eigenvalue weighted by molar-refractivity contribution is 7.18. The molecule has 0 saturated carbocycles. The zero-order valence-corrected chi connectivity index (χ0v) is 14.5. The molecule has 134 valence electrons. The maximum Gasteiger partial charge on any atom is 0.260 e. The highest BCUT2D eigenvalue weighted by Gasteiger charge is 2.18. The van der Waals surface area contributed by atoms with Crippen LogP contribution in [-0.4, -0.2) is 25.8 Å². The SMILES string of the molecule is NC(=O)c1cnc2c(N)c(-c3ncc(-c4ccc(=O)[nH]c4)s3)c(=O)[nH]c2c1. The van der Waals surface area contributed by atoms with Gasteiger partial charge in [-0.3, -0.25) is 19.4 Å². The molecule has 9 nitrogen and oxygen atoms in total. The number of aromatic amines is 2. The van der Waals surface area contributed by atoms with Crippen LogP contribution in [0.1, 0.15) is 10.4 Å². The van der Waals surface area contributed by atoms with Crippen LogP contribution in [0.2, 0.25) is 0 Å². The Kier molecular flexibility index (Phi) is 3.81. The van der Waals surface area contributed by atoms with Gasteiger partial charge in [0.05, 0.1) is 21.6 Å². The van der Waals surface area contributed by atoms with E-state index in [1.54, 1.807) is 18.5 Å². The van der Waals surface area contributed by atoms with Crippen molar-refractivity contribution in [1.29, 1.82) is 0 Å². The van der Waals surface area contributed by atoms with E-state index in [-0.39, 0.29) is 22.4 Å². The average Bonchev–Trinajstić information content (AvgIpc) is 3.11. The molecule has 4 heterocycles. The predicted molar refractivity (Wildman–Crippen MR) is 102 cm³/mol. The Bertz CT molecular complexity index is 1300. The summed E-state index contributed by atoms with van der Waals surface area (Å²) in [5.41, 5.74) is 12.7. The van der Waals surface area contributed by atoms with E-state index in [1.165, 1.54) is 29.7 Å². The van der Waals surface area contributed by atoms with Crippen LogP contribution in [0, 0.1) is 0 Å². The zero-order chi connectivity index (χ0) is 19.1. The number of nitrogens with two attached hydrogens (primary N) is 2. The number of thiazole rings is 1. The van der Waals surface area contributed by atoms with Crippen LogP contribution in [0.4, 0.5) is 5.69 Å². The molecule has 0 bridgehead atoms. The molecular formula is C17H12N6O3S. The maximum atomic E-state index is 12.6. The number of fused-ring (bicyclic) bond motifs is 1. The van der Waals surface area contributed by atoms with Crippen molar-refractivity contribution >= 4 is 34.0 Å². The summed E-state index contributed by atoms with van der Waals surface area (Å²) in [6, 6.07) is 4.50. The molecule has 4 aromatic heterocycles. The van der Waals surface area contributed by atoms with Gasteiger partial charge in [-0.15, -0.1) is 11.3 Å². The van der Waals surface area contributed by atoms with Gasteiger partial charge in [0.1, 0.15) is 16.1 Å². The summed E-state index contributed by atoms with van der Waals surface area (Å²) in [7, 11) is 0. The minimum Gasteiger partial charge on any atom is -0.396 e. The number of carbonyl (C=O) groups excluding carboxylic acids is 1. The number of H-pyrrole nitrogens is 2. The van der Waals surface area contributed by atoms with Crippen LogP contribution >= 0.6 is 11.3 Å². The van der Waals surface area contributed by atoms with E-state index >= 15 is 0 Å². The quantitative estimate of drug-likeness (QED) is 0.416. The third kappa shape index (κ3) is 2.87. The number of anilines is 1. The van der Waals surface area contributed by atoms with Gasteiger partial charge in [0, 0.05) is 30.2 Å². The van der Waals surface area contributed by atoms with Gasteiger partial charge in [-0.05, 0) is 12.1 Å². The number of pyridine rings is 3. The van der Waals surface area contributed by atoms with Gasteiger partial charge in [-0.1, -0.05) is 0 Å². The van der Waals surface area contributed by atoms with Crippen molar-refractivity contribution in [1.82, 2.24) is 19.9 Å². The number of aromatic nitrogens is 4. The fourth-order valence-electron chi connectivity index (χ4n) is 2.63. The van der Waals surface area contributed by atoms with Crippen LogP contribution in [0.5, 0.6) is 0 Å². The van der Waals surface area contributed by atoms with Crippen LogP contribution in [0.25, 0.3) is 32.0 Å². The molecule has 27 heavy (non-hydrogen) atoms. The fraction of sp³-hybridized carbons (Fsp3) is 0. The Hall–Kier alpha value is -3.79. The van der Waals surface area contributed by atoms with Gasteiger partial charge in [-0.2, -0.15) is 0 Å². The molecule has 10 heteroatoms. The van der Waals surface area contributed by atoms with Gasteiger partial charge >= 0.3 is 0 Å². The smallest absolute Gasteiger partial charge is 0.260 e. The van der Waals surface area contributed by atoms with Crippen molar-refractivity contribution in [3.63, 3.8) is 0 Å². The lowest BCUT2D eigenvalue weighted by Gasteiger charge is -2.06. The Morgan fingerprint density at radius 2 is 1.96 bits per heavy atom. The molecule has 0 aromatic carbocycles. The summed E-state index contributed by atoms with van der Waals surface area (Å²) in [6.07, 6.45) is 4.47. The second kappa shape index (κ2) is 6.18. The first-order valence-electron chi connectivity index (χ1n) is 7.70. The van der Waals surface area contributed by atoms with E-state index in [2.05, 4.69) is 19.9 Å². The third-order valence-corrected chi connectivity index (χ3v) is 5.02. The van der Waals surface area contributed by atoms with Gasteiger partial charge in [0.25, 0.3) is 5.56 Å². The molecule has 0 fully saturated rings. The lowest BCUT2D eigenvalue weighted by molar-refractivity contribution is 0.1000. The number of nitrogens with zero attached hydrogens (tertiary/aromatic N) is 2. The molecule has 0 atom stereocenters. The molecule has 0 radical (unpaired) electrons. The normalized spacial score (nSPS) is 11.0. The van der Waals surface area contributed by atoms with Gasteiger partial charge in [0.15, 0.2) is 0 Å². The van der Waals surface area contributed by atoms with Crippen LogP contribution in [0.15, 0.2) is 46.4 Å². The number of hydrogen-bond acceptors (Lipinski definition) is 7. The van der Waals surface area contributed by atoms with E-state index in [0.717, 1.165) is 10.4 Å². The van der Waals surface area contributed by atoms with Crippen molar-refractivity contribution in [2.45, 2.75) is 0 Å². The fourth-order valence-corrected chi connectivity index (χ4v) is 3.60. The third-order valence-electron chi connectivity index (χ3n) is 3.96. The molecule has 0 spiro atoms. The first kappa shape index (κ1) is 16.7. The Labute approximate surface area is 154 Å². The van der Waals surface area contributed by atoms with Crippen molar-refractivity contribution in [3.8, 4) is 21.0 Å². The largest absolute Gasteiger partial charge is 0.396 e.